The number of amides is 2. The fraction of sp³-hybridized carbons (Fsp3) is 0.355. The molecule has 2 atom stereocenters. The van der Waals surface area contributed by atoms with Gasteiger partial charge in [0.25, 0.3) is 0 Å². The summed E-state index contributed by atoms with van der Waals surface area (Å²) >= 11 is 6.29. The van der Waals surface area contributed by atoms with Crippen LogP contribution in [0.15, 0.2) is 72.8 Å². The Hall–Kier alpha value is -3.56. The Morgan fingerprint density at radius 1 is 1.00 bits per heavy atom. The summed E-state index contributed by atoms with van der Waals surface area (Å²) in [6.45, 7) is 5.42. The van der Waals surface area contributed by atoms with E-state index in [1.54, 1.807) is 6.07 Å². The predicted molar refractivity (Wildman–Crippen MR) is 164 cm³/mol. The second-order valence-corrected chi connectivity index (χ2v) is 12.4. The number of anilines is 1. The molecular weight excluding hydrogens is 562 g/mol. The number of nitrogens with one attached hydrogen (secondary N) is 1. The van der Waals surface area contributed by atoms with E-state index in [2.05, 4.69) is 5.32 Å². The van der Waals surface area contributed by atoms with Crippen LogP contribution in [0.5, 0.6) is 5.75 Å². The van der Waals surface area contributed by atoms with Crippen LogP contribution in [0.2, 0.25) is 5.02 Å². The third-order valence-electron chi connectivity index (χ3n) is 6.81. The summed E-state index contributed by atoms with van der Waals surface area (Å²) in [6.07, 6.45) is 2.00. The summed E-state index contributed by atoms with van der Waals surface area (Å²) in [4.78, 5) is 29.3. The van der Waals surface area contributed by atoms with Gasteiger partial charge < -0.3 is 15.0 Å². The topological polar surface area (TPSA) is 96.0 Å². The second-order valence-electron chi connectivity index (χ2n) is 10.1. The van der Waals surface area contributed by atoms with Crippen LogP contribution in [0, 0.1) is 6.92 Å². The van der Waals surface area contributed by atoms with E-state index in [4.69, 9.17) is 16.3 Å². The Morgan fingerprint density at radius 3 is 2.27 bits per heavy atom. The molecule has 0 aromatic heterocycles. The Kier molecular flexibility index (Phi) is 11.2. The van der Waals surface area contributed by atoms with Crippen LogP contribution in [0.1, 0.15) is 37.0 Å². The van der Waals surface area contributed by atoms with Crippen molar-refractivity contribution in [1.29, 1.82) is 0 Å². The summed E-state index contributed by atoms with van der Waals surface area (Å²) in [5, 5.41) is 3.23. The van der Waals surface area contributed by atoms with Gasteiger partial charge in [0.05, 0.1) is 24.1 Å². The first kappa shape index (κ1) is 32.0. The van der Waals surface area contributed by atoms with E-state index < -0.39 is 28.5 Å². The molecule has 0 saturated heterocycles. The fourth-order valence-corrected chi connectivity index (χ4v) is 5.52. The highest BCUT2D eigenvalue weighted by Crippen LogP contribution is 2.30. The SMILES string of the molecule is CC[C@@H](C)NC(=O)[C@@H](Cc1ccccc1)N(Cc1cccc(C)c1)C(=O)CN(c1ccc(OC)c(Cl)c1)S(C)(=O)=O. The van der Waals surface area contributed by atoms with Gasteiger partial charge in [-0.05, 0) is 49.6 Å². The first-order chi connectivity index (χ1) is 19.4. The quantitative estimate of drug-likeness (QED) is 0.299. The molecule has 0 bridgehead atoms. The van der Waals surface area contributed by atoms with Crippen molar-refractivity contribution in [1.82, 2.24) is 10.2 Å². The number of rotatable bonds is 13. The molecule has 220 valence electrons. The van der Waals surface area contributed by atoms with Gasteiger partial charge >= 0.3 is 0 Å². The van der Waals surface area contributed by atoms with Crippen molar-refractivity contribution >= 4 is 39.1 Å². The number of hydrogen-bond donors (Lipinski definition) is 1. The normalized spacial score (nSPS) is 12.7. The monoisotopic (exact) mass is 599 g/mol. The zero-order valence-corrected chi connectivity index (χ0v) is 25.7. The smallest absolute Gasteiger partial charge is 0.244 e. The molecule has 3 aromatic rings. The molecule has 0 saturated carbocycles. The number of sulfonamides is 1. The van der Waals surface area contributed by atoms with Gasteiger partial charge in [0.1, 0.15) is 18.3 Å². The van der Waals surface area contributed by atoms with Gasteiger partial charge in [-0.3, -0.25) is 13.9 Å². The highest BCUT2D eigenvalue weighted by Gasteiger charge is 2.33. The molecule has 3 aromatic carbocycles. The van der Waals surface area contributed by atoms with Crippen molar-refractivity contribution in [3.8, 4) is 5.75 Å². The number of nitrogens with zero attached hydrogens (tertiary/aromatic N) is 2. The molecule has 41 heavy (non-hydrogen) atoms. The largest absolute Gasteiger partial charge is 0.495 e. The molecule has 8 nitrogen and oxygen atoms in total. The average molecular weight is 600 g/mol. The Labute approximate surface area is 248 Å². The zero-order valence-electron chi connectivity index (χ0n) is 24.1. The molecule has 10 heteroatoms. The lowest BCUT2D eigenvalue weighted by molar-refractivity contribution is -0.140. The maximum absolute atomic E-state index is 14.1. The molecule has 0 spiro atoms. The van der Waals surface area contributed by atoms with Crippen molar-refractivity contribution in [2.24, 2.45) is 0 Å². The Bertz CT molecular complexity index is 1450. The molecule has 1 N–H and O–H groups in total. The summed E-state index contributed by atoms with van der Waals surface area (Å²) in [7, 11) is -2.45. The van der Waals surface area contributed by atoms with Crippen LogP contribution < -0.4 is 14.4 Å². The van der Waals surface area contributed by atoms with Crippen molar-refractivity contribution in [3.05, 3.63) is 94.5 Å². The fourth-order valence-electron chi connectivity index (χ4n) is 4.43. The van der Waals surface area contributed by atoms with Crippen LogP contribution >= 0.6 is 11.6 Å². The molecule has 0 heterocycles. The third kappa shape index (κ3) is 8.96. The zero-order chi connectivity index (χ0) is 30.2. The Morgan fingerprint density at radius 2 is 1.68 bits per heavy atom. The maximum atomic E-state index is 14.1. The van der Waals surface area contributed by atoms with E-state index in [1.807, 2.05) is 75.4 Å². The van der Waals surface area contributed by atoms with Crippen molar-refractivity contribution in [2.45, 2.75) is 52.2 Å². The molecule has 0 aliphatic carbocycles. The van der Waals surface area contributed by atoms with Crippen LogP contribution in [0.25, 0.3) is 0 Å². The molecule has 0 unspecified atom stereocenters. The molecule has 3 rings (SSSR count). The minimum absolute atomic E-state index is 0.106. The highest BCUT2D eigenvalue weighted by molar-refractivity contribution is 7.92. The number of ether oxygens (including phenoxy) is 1. The standard InChI is InChI=1S/C31H38ClN3O5S/c1-6-23(3)33-31(37)28(18-24-12-8-7-9-13-24)34(20-25-14-10-11-22(2)17-25)30(36)21-35(41(5,38)39)26-15-16-29(40-4)27(32)19-26/h7-17,19,23,28H,6,18,20-21H2,1-5H3,(H,33,37)/t23-,28-/m1/s1. The van der Waals surface area contributed by atoms with Gasteiger partial charge in [0, 0.05) is 19.0 Å². The van der Waals surface area contributed by atoms with E-state index >= 15 is 0 Å². The molecular formula is C31H38ClN3O5S. The molecule has 0 radical (unpaired) electrons. The number of hydrogen-bond acceptors (Lipinski definition) is 5. The highest BCUT2D eigenvalue weighted by atomic mass is 35.5. The van der Waals surface area contributed by atoms with Gasteiger partial charge in [-0.2, -0.15) is 0 Å². The molecule has 0 fully saturated rings. The lowest BCUT2D eigenvalue weighted by Gasteiger charge is -2.34. The minimum Gasteiger partial charge on any atom is -0.495 e. The molecule has 0 aliphatic heterocycles. The Balaban J connectivity index is 2.07. The van der Waals surface area contributed by atoms with Gasteiger partial charge in [-0.1, -0.05) is 78.7 Å². The second kappa shape index (κ2) is 14.4. The van der Waals surface area contributed by atoms with Crippen molar-refractivity contribution < 1.29 is 22.7 Å². The summed E-state index contributed by atoms with van der Waals surface area (Å²) in [5.41, 5.74) is 2.92. The van der Waals surface area contributed by atoms with Gasteiger partial charge in [-0.25, -0.2) is 8.42 Å². The van der Waals surface area contributed by atoms with E-state index in [0.717, 1.165) is 33.7 Å². The number of carbonyl (C=O) groups is 2. The van der Waals surface area contributed by atoms with Crippen LogP contribution in [0.3, 0.4) is 0 Å². The molecule has 2 amide bonds. The number of benzene rings is 3. The number of aryl methyl sites for hydroxylation is 1. The minimum atomic E-state index is -3.90. The van der Waals surface area contributed by atoms with Crippen molar-refractivity contribution in [3.63, 3.8) is 0 Å². The van der Waals surface area contributed by atoms with Crippen LogP contribution in [-0.2, 0) is 32.6 Å². The van der Waals surface area contributed by atoms with Gasteiger partial charge in [-0.15, -0.1) is 0 Å². The van der Waals surface area contributed by atoms with Crippen LogP contribution in [0.4, 0.5) is 5.69 Å². The van der Waals surface area contributed by atoms with E-state index in [-0.39, 0.29) is 35.6 Å². The van der Waals surface area contributed by atoms with Gasteiger partial charge in [0.15, 0.2) is 0 Å². The lowest BCUT2D eigenvalue weighted by Crippen LogP contribution is -2.54. The summed E-state index contributed by atoms with van der Waals surface area (Å²) < 4.78 is 32.1. The average Bonchev–Trinajstić information content (AvgIpc) is 2.93. The first-order valence-corrected chi connectivity index (χ1v) is 15.7. The summed E-state index contributed by atoms with van der Waals surface area (Å²) in [6, 6.07) is 20.6. The predicted octanol–water partition coefficient (Wildman–Crippen LogP) is 4.98. The molecule has 0 aliphatic rings. The number of carbonyl (C=O) groups excluding carboxylic acids is 2. The van der Waals surface area contributed by atoms with Gasteiger partial charge in [0.2, 0.25) is 21.8 Å². The summed E-state index contributed by atoms with van der Waals surface area (Å²) in [5.74, 6) is -0.451. The third-order valence-corrected chi connectivity index (χ3v) is 8.25. The van der Waals surface area contributed by atoms with E-state index in [1.165, 1.54) is 24.1 Å². The number of methoxy groups -OCH3 is 1. The maximum Gasteiger partial charge on any atom is 0.244 e. The first-order valence-electron chi connectivity index (χ1n) is 13.4. The van der Waals surface area contributed by atoms with Crippen LogP contribution in [-0.4, -0.2) is 57.1 Å². The van der Waals surface area contributed by atoms with E-state index in [9.17, 15) is 18.0 Å². The number of halogens is 1. The van der Waals surface area contributed by atoms with E-state index in [0.29, 0.717) is 5.75 Å². The lowest BCUT2D eigenvalue weighted by atomic mass is 10.0. The van der Waals surface area contributed by atoms with Crippen molar-refractivity contribution in [2.75, 3.05) is 24.2 Å².